The second-order valence-electron chi connectivity index (χ2n) is 3.43. The van der Waals surface area contributed by atoms with Crippen molar-refractivity contribution in [2.45, 2.75) is 9.26 Å². The van der Waals surface area contributed by atoms with E-state index in [1.807, 2.05) is 0 Å². The summed E-state index contributed by atoms with van der Waals surface area (Å²) in [7, 11) is 0. The molecule has 0 amide bonds. The van der Waals surface area contributed by atoms with E-state index in [9.17, 15) is 0 Å². The van der Waals surface area contributed by atoms with Gasteiger partial charge < -0.3 is 0 Å². The molecule has 0 heterocycles. The van der Waals surface area contributed by atoms with Crippen LogP contribution >= 0.6 is 0 Å². The van der Waals surface area contributed by atoms with Crippen molar-refractivity contribution in [1.29, 1.82) is 0 Å². The number of fused-ring (bicyclic) bond motifs is 1. The van der Waals surface area contributed by atoms with Crippen molar-refractivity contribution in [2.75, 3.05) is 0 Å². The predicted molar refractivity (Wildman–Crippen MR) is 61.1 cm³/mol. The first-order valence-electron chi connectivity index (χ1n) is 4.43. The van der Waals surface area contributed by atoms with Crippen LogP contribution in [0.4, 0.5) is 0 Å². The molecule has 2 rings (SSSR count). The summed E-state index contributed by atoms with van der Waals surface area (Å²) in [5.41, 5.74) is 0. The number of rotatable bonds is 1. The van der Waals surface area contributed by atoms with E-state index >= 15 is 0 Å². The van der Waals surface area contributed by atoms with E-state index in [0.717, 1.165) is 0 Å². The molecule has 2 aromatic carbocycles. The van der Waals surface area contributed by atoms with Gasteiger partial charge >= 0.3 is 87.5 Å². The van der Waals surface area contributed by atoms with Crippen LogP contribution in [0.5, 0.6) is 0 Å². The predicted octanol–water partition coefficient (Wildman–Crippen LogP) is 2.80. The molecule has 0 aromatic heterocycles. The standard InChI is InChI=1S/C10H7.2CH3.Bi/c1-2-6-10-8-4-3-7-9(10)5-1;;;/h1-3,5-8H;2*1H3;. The second-order valence-corrected chi connectivity index (χ2v) is 12.4. The third-order valence-electron chi connectivity index (χ3n) is 2.25. The van der Waals surface area contributed by atoms with Gasteiger partial charge in [-0.1, -0.05) is 0 Å². The molecule has 0 aliphatic heterocycles. The third kappa shape index (κ3) is 1.91. The van der Waals surface area contributed by atoms with Gasteiger partial charge in [-0.3, -0.25) is 0 Å². The summed E-state index contributed by atoms with van der Waals surface area (Å²) in [5.74, 6) is 0. The van der Waals surface area contributed by atoms with Gasteiger partial charge in [0.1, 0.15) is 0 Å². The van der Waals surface area contributed by atoms with Gasteiger partial charge in [0.05, 0.1) is 0 Å². The van der Waals surface area contributed by atoms with E-state index in [4.69, 9.17) is 0 Å². The Labute approximate surface area is 87.3 Å². The van der Waals surface area contributed by atoms with Gasteiger partial charge in [-0.15, -0.1) is 0 Å². The van der Waals surface area contributed by atoms with Crippen molar-refractivity contribution in [1.82, 2.24) is 0 Å². The molecule has 0 aliphatic carbocycles. The second kappa shape index (κ2) is 3.76. The molecule has 0 saturated heterocycles. The average molecular weight is 366 g/mol. The van der Waals surface area contributed by atoms with Gasteiger partial charge in [-0.2, -0.15) is 0 Å². The monoisotopic (exact) mass is 366 g/mol. The Balaban J connectivity index is 2.62. The van der Waals surface area contributed by atoms with Crippen LogP contribution in [0.1, 0.15) is 0 Å². The van der Waals surface area contributed by atoms with Crippen LogP contribution in [0, 0.1) is 0 Å². The van der Waals surface area contributed by atoms with E-state index in [-0.39, 0.29) is 0 Å². The fourth-order valence-electron chi connectivity index (χ4n) is 1.45. The van der Waals surface area contributed by atoms with Crippen molar-refractivity contribution < 1.29 is 0 Å². The van der Waals surface area contributed by atoms with Gasteiger partial charge in [0, 0.05) is 0 Å². The molecule has 0 aliphatic rings. The first kappa shape index (κ1) is 9.15. The summed E-state index contributed by atoms with van der Waals surface area (Å²) < 4.78 is 6.48. The van der Waals surface area contributed by atoms with Crippen LogP contribution in [0.3, 0.4) is 0 Å². The molecule has 0 fully saturated rings. The van der Waals surface area contributed by atoms with Crippen molar-refractivity contribution >= 4 is 35.8 Å². The molecule has 0 unspecified atom stereocenters. The number of hydrogen-bond acceptors (Lipinski definition) is 0. The summed E-state index contributed by atoms with van der Waals surface area (Å²) in [6, 6.07) is 15.5. The molecular formula is C12H13Bi. The molecule has 0 nitrogen and oxygen atoms in total. The number of benzene rings is 2. The first-order chi connectivity index (χ1) is 6.27. The molecule has 0 atom stereocenters. The van der Waals surface area contributed by atoms with Gasteiger partial charge in [0.15, 0.2) is 0 Å². The fraction of sp³-hybridized carbons (Fsp3) is 0.167. The van der Waals surface area contributed by atoms with Crippen LogP contribution in [-0.4, -0.2) is 21.8 Å². The molecule has 13 heavy (non-hydrogen) atoms. The van der Waals surface area contributed by atoms with Crippen LogP contribution in [0.15, 0.2) is 42.5 Å². The molecule has 2 aromatic rings. The quantitative estimate of drug-likeness (QED) is 0.681. The first-order valence-corrected chi connectivity index (χ1v) is 13.1. The average Bonchev–Trinajstić information content (AvgIpc) is 2.17. The van der Waals surface area contributed by atoms with Gasteiger partial charge in [-0.25, -0.2) is 0 Å². The normalized spacial score (nSPS) is 11.0. The summed E-state index contributed by atoms with van der Waals surface area (Å²) >= 11 is -1.22. The van der Waals surface area contributed by atoms with Crippen molar-refractivity contribution in [2.24, 2.45) is 0 Å². The Bertz CT molecular complexity index is 418. The molecule has 0 bridgehead atoms. The van der Waals surface area contributed by atoms with Crippen molar-refractivity contribution in [3.63, 3.8) is 0 Å². The Morgan fingerprint density at radius 3 is 2.23 bits per heavy atom. The molecule has 66 valence electrons. The van der Waals surface area contributed by atoms with E-state index < -0.39 is 21.8 Å². The molecule has 0 N–H and O–H groups in total. The Hall–Kier alpha value is -0.417. The van der Waals surface area contributed by atoms with Crippen LogP contribution < -0.4 is 3.27 Å². The molecule has 0 spiro atoms. The molecular weight excluding hydrogens is 353 g/mol. The SMILES string of the molecule is [CH3][Bi]([CH3])[c]1ccc2ccccc2c1. The van der Waals surface area contributed by atoms with E-state index in [1.165, 1.54) is 10.8 Å². The number of hydrogen-bond donors (Lipinski definition) is 0. The maximum atomic E-state index is 2.43. The van der Waals surface area contributed by atoms with Crippen LogP contribution in [-0.2, 0) is 0 Å². The van der Waals surface area contributed by atoms with Crippen molar-refractivity contribution in [3.8, 4) is 0 Å². The maximum absolute atomic E-state index is 2.43. The van der Waals surface area contributed by atoms with Gasteiger partial charge in [-0.05, 0) is 0 Å². The third-order valence-corrected chi connectivity index (χ3v) is 7.35. The van der Waals surface area contributed by atoms with Gasteiger partial charge in [0.2, 0.25) is 0 Å². The minimum atomic E-state index is -1.22. The zero-order valence-electron chi connectivity index (χ0n) is 7.99. The van der Waals surface area contributed by atoms with E-state index in [1.54, 1.807) is 3.27 Å². The van der Waals surface area contributed by atoms with Crippen molar-refractivity contribution in [3.05, 3.63) is 42.5 Å². The minimum absolute atomic E-state index is 1.22. The van der Waals surface area contributed by atoms with Gasteiger partial charge in [0.25, 0.3) is 0 Å². The van der Waals surface area contributed by atoms with E-state index in [2.05, 4.69) is 51.7 Å². The molecule has 1 heteroatoms. The van der Waals surface area contributed by atoms with E-state index in [0.29, 0.717) is 0 Å². The summed E-state index contributed by atoms with van der Waals surface area (Å²) in [4.78, 5) is 0. The Morgan fingerprint density at radius 1 is 0.846 bits per heavy atom. The van der Waals surface area contributed by atoms with Crippen LogP contribution in [0.2, 0.25) is 9.26 Å². The zero-order chi connectivity index (χ0) is 9.26. The molecule has 0 saturated carbocycles. The Morgan fingerprint density at radius 2 is 1.54 bits per heavy atom. The summed E-state index contributed by atoms with van der Waals surface area (Å²) in [6.45, 7) is 0. The molecule has 0 radical (unpaired) electrons. The fourth-order valence-corrected chi connectivity index (χ4v) is 4.45. The van der Waals surface area contributed by atoms with Crippen LogP contribution in [0.25, 0.3) is 10.8 Å². The zero-order valence-corrected chi connectivity index (χ0v) is 11.5. The topological polar surface area (TPSA) is 0 Å². The Kier molecular flexibility index (Phi) is 2.64. The summed E-state index contributed by atoms with van der Waals surface area (Å²) in [6.07, 6.45) is 0. The summed E-state index contributed by atoms with van der Waals surface area (Å²) in [5, 5.41) is 2.75.